The van der Waals surface area contributed by atoms with Crippen molar-refractivity contribution < 1.29 is 5.11 Å². The van der Waals surface area contributed by atoms with Crippen molar-refractivity contribution in [3.63, 3.8) is 0 Å². The molecule has 17 heavy (non-hydrogen) atoms. The number of hydrogen-bond acceptors (Lipinski definition) is 3. The van der Waals surface area contributed by atoms with Gasteiger partial charge in [0.25, 0.3) is 0 Å². The monoisotopic (exact) mass is 230 g/mol. The Balaban J connectivity index is 1.98. The molecule has 0 amide bonds. The summed E-state index contributed by atoms with van der Waals surface area (Å²) in [4.78, 5) is 4.36. The molecule has 1 heterocycles. The largest absolute Gasteiger partial charge is 0.396 e. The van der Waals surface area contributed by atoms with Crippen molar-refractivity contribution in [2.24, 2.45) is 0 Å². The molecule has 2 N–H and O–H groups in total. The lowest BCUT2D eigenvalue weighted by molar-refractivity contribution is 0.283. The Kier molecular flexibility index (Phi) is 4.33. The molecular weight excluding hydrogens is 212 g/mol. The minimum absolute atomic E-state index is 0.284. The van der Waals surface area contributed by atoms with Crippen LogP contribution in [0.15, 0.2) is 36.5 Å². The maximum atomic E-state index is 8.69. The van der Waals surface area contributed by atoms with Gasteiger partial charge < -0.3 is 10.4 Å². The van der Waals surface area contributed by atoms with Gasteiger partial charge in [-0.3, -0.25) is 0 Å². The number of nitrogens with one attached hydrogen (secondary N) is 1. The van der Waals surface area contributed by atoms with Crippen LogP contribution in [0.2, 0.25) is 0 Å². The highest BCUT2D eigenvalue weighted by atomic mass is 16.2. The van der Waals surface area contributed by atoms with Crippen LogP contribution < -0.4 is 5.32 Å². The van der Waals surface area contributed by atoms with Gasteiger partial charge >= 0.3 is 0 Å². The fraction of sp³-hybridized carbons (Fsp3) is 0.357. The van der Waals surface area contributed by atoms with Crippen molar-refractivity contribution >= 4 is 16.6 Å². The third-order valence-corrected chi connectivity index (χ3v) is 2.80. The van der Waals surface area contributed by atoms with Crippen molar-refractivity contribution in [1.82, 2.24) is 4.98 Å². The summed E-state index contributed by atoms with van der Waals surface area (Å²) in [6.45, 7) is 1.19. The number of pyridine rings is 1. The topological polar surface area (TPSA) is 45.1 Å². The number of hydrogen-bond donors (Lipinski definition) is 2. The molecule has 0 saturated heterocycles. The van der Waals surface area contributed by atoms with E-state index in [1.54, 1.807) is 0 Å². The van der Waals surface area contributed by atoms with Crippen molar-refractivity contribution in [3.8, 4) is 0 Å². The number of aromatic nitrogens is 1. The van der Waals surface area contributed by atoms with E-state index in [2.05, 4.69) is 22.4 Å². The maximum Gasteiger partial charge on any atom is 0.133 e. The van der Waals surface area contributed by atoms with Crippen LogP contribution in [0.4, 0.5) is 5.82 Å². The average Bonchev–Trinajstić information content (AvgIpc) is 2.39. The van der Waals surface area contributed by atoms with E-state index >= 15 is 0 Å². The third kappa shape index (κ3) is 3.17. The SMILES string of the molecule is OCCCCCNc1nccc2ccccc12. The summed E-state index contributed by atoms with van der Waals surface area (Å²) in [7, 11) is 0. The quantitative estimate of drug-likeness (QED) is 0.750. The number of nitrogens with zero attached hydrogens (tertiary/aromatic N) is 1. The fourth-order valence-electron chi connectivity index (χ4n) is 1.88. The van der Waals surface area contributed by atoms with E-state index in [9.17, 15) is 0 Å². The van der Waals surface area contributed by atoms with E-state index in [0.717, 1.165) is 37.0 Å². The summed E-state index contributed by atoms with van der Waals surface area (Å²) in [5.74, 6) is 0.951. The molecule has 0 aliphatic rings. The maximum absolute atomic E-state index is 8.69. The zero-order chi connectivity index (χ0) is 11.9. The van der Waals surface area contributed by atoms with Gasteiger partial charge in [0, 0.05) is 24.7 Å². The molecule has 0 spiro atoms. The van der Waals surface area contributed by atoms with Crippen LogP contribution >= 0.6 is 0 Å². The van der Waals surface area contributed by atoms with Crippen LogP contribution in [-0.2, 0) is 0 Å². The van der Waals surface area contributed by atoms with Crippen LogP contribution in [0, 0.1) is 0 Å². The molecule has 2 rings (SSSR count). The molecule has 0 saturated carbocycles. The molecule has 3 nitrogen and oxygen atoms in total. The Morgan fingerprint density at radius 2 is 1.94 bits per heavy atom. The molecule has 90 valence electrons. The van der Waals surface area contributed by atoms with Crippen molar-refractivity contribution in [2.75, 3.05) is 18.5 Å². The molecule has 0 fully saturated rings. The Morgan fingerprint density at radius 3 is 2.82 bits per heavy atom. The predicted molar refractivity (Wildman–Crippen MR) is 71.2 cm³/mol. The highest BCUT2D eigenvalue weighted by Crippen LogP contribution is 2.20. The minimum Gasteiger partial charge on any atom is -0.396 e. The third-order valence-electron chi connectivity index (χ3n) is 2.80. The Morgan fingerprint density at radius 1 is 1.06 bits per heavy atom. The van der Waals surface area contributed by atoms with E-state index < -0.39 is 0 Å². The molecule has 1 aromatic carbocycles. The second-order valence-electron chi connectivity index (χ2n) is 4.09. The lowest BCUT2D eigenvalue weighted by Crippen LogP contribution is -2.03. The summed E-state index contributed by atoms with van der Waals surface area (Å²) >= 11 is 0. The van der Waals surface area contributed by atoms with Crippen LogP contribution in [-0.4, -0.2) is 23.2 Å². The summed E-state index contributed by atoms with van der Waals surface area (Å²) < 4.78 is 0. The van der Waals surface area contributed by atoms with Crippen LogP contribution in [0.1, 0.15) is 19.3 Å². The lowest BCUT2D eigenvalue weighted by atomic mass is 10.1. The highest BCUT2D eigenvalue weighted by molar-refractivity contribution is 5.91. The molecule has 0 bridgehead atoms. The van der Waals surface area contributed by atoms with Gasteiger partial charge in [0.05, 0.1) is 0 Å². The number of benzene rings is 1. The molecule has 0 unspecified atom stereocenters. The van der Waals surface area contributed by atoms with E-state index in [1.165, 1.54) is 5.39 Å². The number of fused-ring (bicyclic) bond motifs is 1. The zero-order valence-electron chi connectivity index (χ0n) is 9.89. The molecule has 2 aromatic rings. The van der Waals surface area contributed by atoms with Crippen LogP contribution in [0.25, 0.3) is 10.8 Å². The number of aliphatic hydroxyl groups is 1. The van der Waals surface area contributed by atoms with Gasteiger partial charge in [-0.25, -0.2) is 4.98 Å². The van der Waals surface area contributed by atoms with E-state index in [1.807, 2.05) is 24.4 Å². The number of unbranched alkanes of at least 4 members (excludes halogenated alkanes) is 2. The summed E-state index contributed by atoms with van der Waals surface area (Å²) in [6.07, 6.45) is 4.82. The standard InChI is InChI=1S/C14H18N2O/c17-11-5-1-4-9-15-14-13-7-3-2-6-12(13)8-10-16-14/h2-3,6-8,10,17H,1,4-5,9,11H2,(H,15,16). The molecule has 0 radical (unpaired) electrons. The Hall–Kier alpha value is -1.61. The smallest absolute Gasteiger partial charge is 0.133 e. The first-order valence-corrected chi connectivity index (χ1v) is 6.10. The van der Waals surface area contributed by atoms with Gasteiger partial charge in [0.2, 0.25) is 0 Å². The highest BCUT2D eigenvalue weighted by Gasteiger charge is 2.00. The van der Waals surface area contributed by atoms with Gasteiger partial charge in [0.1, 0.15) is 5.82 Å². The molecule has 0 aliphatic heterocycles. The van der Waals surface area contributed by atoms with Gasteiger partial charge in [-0.05, 0) is 30.7 Å². The van der Waals surface area contributed by atoms with Crippen LogP contribution in [0.5, 0.6) is 0 Å². The first kappa shape index (κ1) is 11.9. The van der Waals surface area contributed by atoms with Crippen LogP contribution in [0.3, 0.4) is 0 Å². The van der Waals surface area contributed by atoms with Gasteiger partial charge in [-0.2, -0.15) is 0 Å². The second-order valence-corrected chi connectivity index (χ2v) is 4.09. The van der Waals surface area contributed by atoms with E-state index in [4.69, 9.17) is 5.11 Å². The molecule has 1 aromatic heterocycles. The molecule has 0 atom stereocenters. The van der Waals surface area contributed by atoms with Gasteiger partial charge in [-0.1, -0.05) is 24.3 Å². The summed E-state index contributed by atoms with van der Waals surface area (Å²) in [6, 6.07) is 10.3. The molecular formula is C14H18N2O. The Labute approximate surface area is 102 Å². The first-order chi connectivity index (χ1) is 8.42. The number of aliphatic hydroxyl groups excluding tert-OH is 1. The molecule has 3 heteroatoms. The molecule has 0 aliphatic carbocycles. The summed E-state index contributed by atoms with van der Waals surface area (Å²) in [5, 5.41) is 14.4. The van der Waals surface area contributed by atoms with E-state index in [0.29, 0.717) is 0 Å². The Bertz CT molecular complexity index is 465. The van der Waals surface area contributed by atoms with Gasteiger partial charge in [0.15, 0.2) is 0 Å². The first-order valence-electron chi connectivity index (χ1n) is 6.10. The minimum atomic E-state index is 0.284. The predicted octanol–water partition coefficient (Wildman–Crippen LogP) is 2.81. The normalized spacial score (nSPS) is 10.6. The van der Waals surface area contributed by atoms with E-state index in [-0.39, 0.29) is 6.61 Å². The fourth-order valence-corrected chi connectivity index (χ4v) is 1.88. The number of anilines is 1. The van der Waals surface area contributed by atoms with Crippen molar-refractivity contribution in [3.05, 3.63) is 36.5 Å². The summed E-state index contributed by atoms with van der Waals surface area (Å²) in [5.41, 5.74) is 0. The zero-order valence-corrected chi connectivity index (χ0v) is 9.89. The average molecular weight is 230 g/mol. The van der Waals surface area contributed by atoms with Gasteiger partial charge in [-0.15, -0.1) is 0 Å². The van der Waals surface area contributed by atoms with Crippen molar-refractivity contribution in [1.29, 1.82) is 0 Å². The second kappa shape index (κ2) is 6.21. The lowest BCUT2D eigenvalue weighted by Gasteiger charge is -2.08. The number of rotatable bonds is 6. The van der Waals surface area contributed by atoms with Crippen molar-refractivity contribution in [2.45, 2.75) is 19.3 Å².